The molecule has 0 saturated heterocycles. The van der Waals surface area contributed by atoms with Crippen LogP contribution in [0, 0.1) is 0 Å². The molecule has 5 nitrogen and oxygen atoms in total. The van der Waals surface area contributed by atoms with E-state index >= 15 is 0 Å². The Bertz CT molecular complexity index is 1040. The molecule has 0 unspecified atom stereocenters. The minimum atomic E-state index is -0.108. The monoisotopic (exact) mass is 446 g/mol. The van der Waals surface area contributed by atoms with Crippen LogP contribution in [-0.4, -0.2) is 26.4 Å². The summed E-state index contributed by atoms with van der Waals surface area (Å²) in [7, 11) is 0. The number of hydrogen-bond acceptors (Lipinski definition) is 4. The molecule has 0 aliphatic carbocycles. The molecule has 0 atom stereocenters. The van der Waals surface area contributed by atoms with E-state index in [1.165, 1.54) is 18.2 Å². The van der Waals surface area contributed by atoms with E-state index < -0.39 is 0 Å². The highest BCUT2D eigenvalue weighted by atomic mass is 35.5. The number of fused-ring (bicyclic) bond motifs is 1. The third-order valence-corrected chi connectivity index (χ3v) is 6.64. The van der Waals surface area contributed by atoms with Gasteiger partial charge in [0.15, 0.2) is 5.82 Å². The normalized spacial score (nSPS) is 13.6. The number of aromatic nitrogens is 3. The van der Waals surface area contributed by atoms with Gasteiger partial charge in [0.05, 0.1) is 15.8 Å². The first-order chi connectivity index (χ1) is 14.1. The maximum absolute atomic E-state index is 12.4. The van der Waals surface area contributed by atoms with Crippen molar-refractivity contribution in [2.45, 2.75) is 37.1 Å². The molecule has 29 heavy (non-hydrogen) atoms. The van der Waals surface area contributed by atoms with E-state index in [2.05, 4.69) is 20.1 Å². The number of carbonyl (C=O) groups is 1. The van der Waals surface area contributed by atoms with E-state index in [-0.39, 0.29) is 11.7 Å². The number of aryl methyl sites for hydroxylation is 1. The summed E-state index contributed by atoms with van der Waals surface area (Å²) in [6.07, 6.45) is 4.35. The number of amides is 1. The van der Waals surface area contributed by atoms with E-state index in [9.17, 15) is 4.79 Å². The molecule has 1 aliphatic heterocycles. The average molecular weight is 447 g/mol. The van der Waals surface area contributed by atoms with Gasteiger partial charge in [-0.2, -0.15) is 0 Å². The van der Waals surface area contributed by atoms with Gasteiger partial charge < -0.3 is 9.88 Å². The lowest BCUT2D eigenvalue weighted by molar-refractivity contribution is -0.113. The van der Waals surface area contributed by atoms with Crippen molar-refractivity contribution < 1.29 is 4.79 Å². The third kappa shape index (κ3) is 4.77. The van der Waals surface area contributed by atoms with Gasteiger partial charge in [0.25, 0.3) is 0 Å². The van der Waals surface area contributed by atoms with Crippen LogP contribution in [0.15, 0.2) is 47.4 Å². The zero-order valence-corrected chi connectivity index (χ0v) is 18.0. The van der Waals surface area contributed by atoms with Crippen LogP contribution in [0.5, 0.6) is 0 Å². The molecule has 1 aromatic heterocycles. The number of thioether (sulfide) groups is 1. The van der Waals surface area contributed by atoms with Crippen molar-refractivity contribution in [2.75, 3.05) is 11.1 Å². The van der Waals surface area contributed by atoms with Gasteiger partial charge >= 0.3 is 0 Å². The zero-order valence-electron chi connectivity index (χ0n) is 15.7. The number of halogens is 2. The van der Waals surface area contributed by atoms with Crippen LogP contribution in [0.25, 0.3) is 11.4 Å². The molecule has 1 amide bonds. The summed E-state index contributed by atoms with van der Waals surface area (Å²) in [5.74, 6) is 1.91. The summed E-state index contributed by atoms with van der Waals surface area (Å²) in [6.45, 7) is 0.888. The Hall–Kier alpha value is -2.02. The van der Waals surface area contributed by atoms with Gasteiger partial charge in [-0.3, -0.25) is 4.79 Å². The molecule has 0 radical (unpaired) electrons. The van der Waals surface area contributed by atoms with Gasteiger partial charge in [-0.05, 0) is 43.2 Å². The van der Waals surface area contributed by atoms with Crippen LogP contribution < -0.4 is 5.32 Å². The van der Waals surface area contributed by atoms with E-state index in [1.54, 1.807) is 12.1 Å². The van der Waals surface area contributed by atoms with Crippen LogP contribution in [0.2, 0.25) is 10.0 Å². The Labute approximate surface area is 183 Å². The van der Waals surface area contributed by atoms with E-state index in [1.807, 2.05) is 30.3 Å². The summed E-state index contributed by atoms with van der Waals surface area (Å²) in [6, 6.07) is 12.9. The van der Waals surface area contributed by atoms with Crippen LogP contribution in [0.3, 0.4) is 0 Å². The standard InChI is InChI=1S/C21H20Cl2N4OS/c22-16-10-9-14(24-20(28)13-29-18-7-4-3-6-17(18)23)12-15(16)21-26-25-19-8-2-1-5-11-27(19)21/h3-4,6-7,9-10,12H,1-2,5,8,11,13H2,(H,24,28). The summed E-state index contributed by atoms with van der Waals surface area (Å²) >= 11 is 14.0. The van der Waals surface area contributed by atoms with Crippen molar-refractivity contribution in [3.8, 4) is 11.4 Å². The lowest BCUT2D eigenvalue weighted by Crippen LogP contribution is -2.14. The van der Waals surface area contributed by atoms with Crippen molar-refractivity contribution in [2.24, 2.45) is 0 Å². The minimum absolute atomic E-state index is 0.108. The Morgan fingerprint density at radius 1 is 1.07 bits per heavy atom. The highest BCUT2D eigenvalue weighted by Crippen LogP contribution is 2.32. The molecule has 0 saturated carbocycles. The smallest absolute Gasteiger partial charge is 0.234 e. The SMILES string of the molecule is O=C(CSc1ccccc1Cl)Nc1ccc(Cl)c(-c2nnc3n2CCCCC3)c1. The van der Waals surface area contributed by atoms with Gasteiger partial charge in [-0.25, -0.2) is 0 Å². The molecule has 4 rings (SSSR count). The Morgan fingerprint density at radius 2 is 1.93 bits per heavy atom. The van der Waals surface area contributed by atoms with Gasteiger partial charge in [0.2, 0.25) is 5.91 Å². The second-order valence-electron chi connectivity index (χ2n) is 6.86. The first kappa shape index (κ1) is 20.3. The lowest BCUT2D eigenvalue weighted by Gasteiger charge is -2.11. The van der Waals surface area contributed by atoms with Crippen LogP contribution in [0.1, 0.15) is 25.1 Å². The number of benzene rings is 2. The van der Waals surface area contributed by atoms with Crippen molar-refractivity contribution in [1.82, 2.24) is 14.8 Å². The maximum Gasteiger partial charge on any atom is 0.234 e. The predicted molar refractivity (Wildman–Crippen MR) is 119 cm³/mol. The summed E-state index contributed by atoms with van der Waals surface area (Å²) < 4.78 is 2.15. The zero-order chi connectivity index (χ0) is 20.2. The molecule has 0 bridgehead atoms. The molecule has 1 N–H and O–H groups in total. The van der Waals surface area contributed by atoms with Crippen LogP contribution >= 0.6 is 35.0 Å². The first-order valence-corrected chi connectivity index (χ1v) is 11.2. The van der Waals surface area contributed by atoms with Crippen LogP contribution in [0.4, 0.5) is 5.69 Å². The second-order valence-corrected chi connectivity index (χ2v) is 8.70. The van der Waals surface area contributed by atoms with Crippen molar-refractivity contribution in [1.29, 1.82) is 0 Å². The summed E-state index contributed by atoms with van der Waals surface area (Å²) in [4.78, 5) is 13.3. The quantitative estimate of drug-likeness (QED) is 0.509. The lowest BCUT2D eigenvalue weighted by atomic mass is 10.1. The average Bonchev–Trinajstić information content (AvgIpc) is 2.96. The van der Waals surface area contributed by atoms with E-state index in [4.69, 9.17) is 23.2 Å². The minimum Gasteiger partial charge on any atom is -0.325 e. The molecule has 2 aromatic carbocycles. The summed E-state index contributed by atoms with van der Waals surface area (Å²) in [5, 5.41) is 12.9. The number of rotatable bonds is 5. The molecule has 1 aliphatic rings. The highest BCUT2D eigenvalue weighted by Gasteiger charge is 2.18. The Balaban J connectivity index is 1.49. The Morgan fingerprint density at radius 3 is 2.79 bits per heavy atom. The summed E-state index contributed by atoms with van der Waals surface area (Å²) in [5.41, 5.74) is 1.46. The maximum atomic E-state index is 12.4. The van der Waals surface area contributed by atoms with Crippen molar-refractivity contribution in [3.63, 3.8) is 0 Å². The molecule has 0 spiro atoms. The number of hydrogen-bond donors (Lipinski definition) is 1. The Kier molecular flexibility index (Phi) is 6.43. The van der Waals surface area contributed by atoms with Crippen molar-refractivity contribution in [3.05, 3.63) is 58.3 Å². The fourth-order valence-corrected chi connectivity index (χ4v) is 4.60. The van der Waals surface area contributed by atoms with E-state index in [0.717, 1.165) is 47.9 Å². The van der Waals surface area contributed by atoms with Gasteiger partial charge in [-0.1, -0.05) is 41.8 Å². The van der Waals surface area contributed by atoms with Gasteiger partial charge in [0, 0.05) is 29.1 Å². The van der Waals surface area contributed by atoms with Crippen molar-refractivity contribution >= 4 is 46.6 Å². The number of carbonyl (C=O) groups excluding carboxylic acids is 1. The highest BCUT2D eigenvalue weighted by molar-refractivity contribution is 8.00. The topological polar surface area (TPSA) is 59.8 Å². The molecular weight excluding hydrogens is 427 g/mol. The third-order valence-electron chi connectivity index (χ3n) is 4.80. The fraction of sp³-hybridized carbons (Fsp3) is 0.286. The largest absolute Gasteiger partial charge is 0.325 e. The van der Waals surface area contributed by atoms with Crippen LogP contribution in [-0.2, 0) is 17.8 Å². The second kappa shape index (κ2) is 9.20. The predicted octanol–water partition coefficient (Wildman–Crippen LogP) is 5.71. The first-order valence-electron chi connectivity index (χ1n) is 9.51. The number of anilines is 1. The molecule has 0 fully saturated rings. The van der Waals surface area contributed by atoms with Gasteiger partial charge in [-0.15, -0.1) is 22.0 Å². The molecule has 3 aromatic rings. The number of nitrogens with one attached hydrogen (secondary N) is 1. The molecule has 8 heteroatoms. The van der Waals surface area contributed by atoms with Gasteiger partial charge in [0.1, 0.15) is 5.82 Å². The molecular formula is C21H20Cl2N4OS. The number of nitrogens with zero attached hydrogens (tertiary/aromatic N) is 3. The van der Waals surface area contributed by atoms with E-state index in [0.29, 0.717) is 15.7 Å². The molecule has 2 heterocycles. The fourth-order valence-electron chi connectivity index (χ4n) is 3.36. The molecule has 150 valence electrons.